The molecule has 0 heterocycles. The molecule has 0 unspecified atom stereocenters. The molecule has 4 nitrogen and oxygen atoms in total. The minimum atomic E-state index is -3.81. The van der Waals surface area contributed by atoms with Crippen molar-refractivity contribution in [1.29, 1.82) is 0 Å². The fraction of sp³-hybridized carbons (Fsp3) is 0.0526. The van der Waals surface area contributed by atoms with Gasteiger partial charge in [-0.15, -0.1) is 0 Å². The number of halogens is 1. The molecule has 1 N–H and O–H groups in total. The van der Waals surface area contributed by atoms with E-state index in [2.05, 4.69) is 20.7 Å². The molecule has 0 atom stereocenters. The van der Waals surface area contributed by atoms with Crippen LogP contribution in [0.2, 0.25) is 0 Å². The van der Waals surface area contributed by atoms with E-state index < -0.39 is 10.0 Å². The summed E-state index contributed by atoms with van der Waals surface area (Å²) in [6.07, 6.45) is 0. The smallest absolute Gasteiger partial charge is 0.265 e. The van der Waals surface area contributed by atoms with Gasteiger partial charge in [0.05, 0.1) is 12.8 Å². The summed E-state index contributed by atoms with van der Waals surface area (Å²) >= 11 is 3.31. The van der Waals surface area contributed by atoms with Crippen molar-refractivity contribution in [2.24, 2.45) is 0 Å². The van der Waals surface area contributed by atoms with Gasteiger partial charge >= 0.3 is 0 Å². The van der Waals surface area contributed by atoms with Crippen molar-refractivity contribution >= 4 is 31.6 Å². The Bertz CT molecular complexity index is 989. The molecule has 3 rings (SSSR count). The molecule has 0 spiro atoms. The lowest BCUT2D eigenvalue weighted by molar-refractivity contribution is 0.403. The SMILES string of the molecule is COc1ccc(Br)cc1S(=O)(=O)Nc1ccccc1-c1ccccc1. The summed E-state index contributed by atoms with van der Waals surface area (Å²) < 4.78 is 34.3. The zero-order valence-electron chi connectivity index (χ0n) is 13.4. The number of hydrogen-bond acceptors (Lipinski definition) is 3. The van der Waals surface area contributed by atoms with Crippen LogP contribution in [0, 0.1) is 0 Å². The molecule has 128 valence electrons. The highest BCUT2D eigenvalue weighted by Gasteiger charge is 2.21. The monoisotopic (exact) mass is 417 g/mol. The Kier molecular flexibility index (Phi) is 5.11. The van der Waals surface area contributed by atoms with Crippen LogP contribution in [-0.2, 0) is 10.0 Å². The Morgan fingerprint density at radius 1 is 0.920 bits per heavy atom. The normalized spacial score (nSPS) is 11.1. The Morgan fingerprint density at radius 3 is 2.32 bits per heavy atom. The number of hydrogen-bond donors (Lipinski definition) is 1. The van der Waals surface area contributed by atoms with E-state index in [-0.39, 0.29) is 10.6 Å². The number of nitrogens with one attached hydrogen (secondary N) is 1. The lowest BCUT2D eigenvalue weighted by Gasteiger charge is -2.15. The highest BCUT2D eigenvalue weighted by atomic mass is 79.9. The van der Waals surface area contributed by atoms with Gasteiger partial charge < -0.3 is 4.74 Å². The first-order valence-corrected chi connectivity index (χ1v) is 9.80. The van der Waals surface area contributed by atoms with Crippen LogP contribution in [0.5, 0.6) is 5.75 Å². The predicted molar refractivity (Wildman–Crippen MR) is 103 cm³/mol. The van der Waals surface area contributed by atoms with E-state index in [1.165, 1.54) is 13.2 Å². The first-order valence-electron chi connectivity index (χ1n) is 7.52. The summed E-state index contributed by atoms with van der Waals surface area (Å²) in [6.45, 7) is 0. The summed E-state index contributed by atoms with van der Waals surface area (Å²) in [5.41, 5.74) is 2.25. The molecule has 0 aromatic heterocycles. The second-order valence-corrected chi connectivity index (χ2v) is 7.88. The zero-order valence-corrected chi connectivity index (χ0v) is 15.8. The number of anilines is 1. The fourth-order valence-corrected chi connectivity index (χ4v) is 4.29. The first-order chi connectivity index (χ1) is 12.0. The maximum absolute atomic E-state index is 12.9. The Labute approximate surface area is 155 Å². The van der Waals surface area contributed by atoms with E-state index in [4.69, 9.17) is 4.74 Å². The van der Waals surface area contributed by atoms with Crippen LogP contribution in [0.4, 0.5) is 5.69 Å². The number of rotatable bonds is 5. The molecule has 0 amide bonds. The molecule has 0 aliphatic rings. The van der Waals surface area contributed by atoms with Crippen molar-refractivity contribution in [2.45, 2.75) is 4.90 Å². The molecule has 0 aliphatic carbocycles. The standard InChI is InChI=1S/C19H16BrNO3S/c1-24-18-12-11-15(20)13-19(18)25(22,23)21-17-10-6-5-9-16(17)14-7-3-2-4-8-14/h2-13,21H,1H3. The van der Waals surface area contributed by atoms with Crippen LogP contribution in [0.25, 0.3) is 11.1 Å². The van der Waals surface area contributed by atoms with Gasteiger partial charge in [0.25, 0.3) is 10.0 Å². The summed E-state index contributed by atoms with van der Waals surface area (Å²) in [5.74, 6) is 0.285. The van der Waals surface area contributed by atoms with Crippen molar-refractivity contribution in [2.75, 3.05) is 11.8 Å². The highest BCUT2D eigenvalue weighted by molar-refractivity contribution is 9.10. The van der Waals surface area contributed by atoms with E-state index in [1.54, 1.807) is 24.3 Å². The molecule has 0 saturated carbocycles. The van der Waals surface area contributed by atoms with Gasteiger partial charge in [0, 0.05) is 10.0 Å². The lowest BCUT2D eigenvalue weighted by atomic mass is 10.0. The van der Waals surface area contributed by atoms with Crippen LogP contribution in [-0.4, -0.2) is 15.5 Å². The summed E-state index contributed by atoms with van der Waals surface area (Å²) in [5, 5.41) is 0. The predicted octanol–water partition coefficient (Wildman–Crippen LogP) is 4.93. The van der Waals surface area contributed by atoms with Gasteiger partial charge in [-0.3, -0.25) is 4.72 Å². The maximum atomic E-state index is 12.9. The zero-order chi connectivity index (χ0) is 17.9. The van der Waals surface area contributed by atoms with Crippen molar-refractivity contribution in [3.63, 3.8) is 0 Å². The van der Waals surface area contributed by atoms with Crippen molar-refractivity contribution in [1.82, 2.24) is 0 Å². The van der Waals surface area contributed by atoms with Crippen molar-refractivity contribution < 1.29 is 13.2 Å². The topological polar surface area (TPSA) is 55.4 Å². The third kappa shape index (κ3) is 3.86. The van der Waals surface area contributed by atoms with E-state index in [1.807, 2.05) is 42.5 Å². The molecule has 6 heteroatoms. The van der Waals surface area contributed by atoms with E-state index >= 15 is 0 Å². The third-order valence-corrected chi connectivity index (χ3v) is 5.55. The van der Waals surface area contributed by atoms with E-state index in [0.717, 1.165) is 11.1 Å². The maximum Gasteiger partial charge on any atom is 0.265 e. The minimum absolute atomic E-state index is 0.0761. The molecule has 0 saturated heterocycles. The van der Waals surface area contributed by atoms with E-state index in [0.29, 0.717) is 10.2 Å². The molecular weight excluding hydrogens is 402 g/mol. The Morgan fingerprint density at radius 2 is 1.60 bits per heavy atom. The van der Waals surface area contributed by atoms with Crippen LogP contribution in [0.3, 0.4) is 0 Å². The number of methoxy groups -OCH3 is 1. The molecular formula is C19H16BrNO3S. The average molecular weight is 418 g/mol. The minimum Gasteiger partial charge on any atom is -0.495 e. The molecule has 3 aromatic rings. The fourth-order valence-electron chi connectivity index (χ4n) is 2.50. The van der Waals surface area contributed by atoms with Crippen molar-refractivity contribution in [3.8, 4) is 16.9 Å². The molecule has 25 heavy (non-hydrogen) atoms. The van der Waals surface area contributed by atoms with Gasteiger partial charge in [-0.25, -0.2) is 8.42 Å². The van der Waals surface area contributed by atoms with Crippen LogP contribution < -0.4 is 9.46 Å². The number of para-hydroxylation sites is 1. The van der Waals surface area contributed by atoms with Crippen LogP contribution in [0.15, 0.2) is 82.2 Å². The molecule has 3 aromatic carbocycles. The van der Waals surface area contributed by atoms with E-state index in [9.17, 15) is 8.42 Å². The Balaban J connectivity index is 2.05. The lowest BCUT2D eigenvalue weighted by Crippen LogP contribution is -2.14. The Hall–Kier alpha value is -2.31. The largest absolute Gasteiger partial charge is 0.495 e. The summed E-state index contributed by atoms with van der Waals surface area (Å²) in [7, 11) is -2.37. The second-order valence-electron chi connectivity index (χ2n) is 5.31. The highest BCUT2D eigenvalue weighted by Crippen LogP contribution is 2.32. The van der Waals surface area contributed by atoms with Gasteiger partial charge in [-0.2, -0.15) is 0 Å². The molecule has 0 bridgehead atoms. The molecule has 0 aliphatic heterocycles. The summed E-state index contributed by atoms with van der Waals surface area (Å²) in [4.78, 5) is 0.0761. The average Bonchev–Trinajstić information content (AvgIpc) is 2.62. The quantitative estimate of drug-likeness (QED) is 0.640. The van der Waals surface area contributed by atoms with Crippen molar-refractivity contribution in [3.05, 3.63) is 77.3 Å². The third-order valence-electron chi connectivity index (χ3n) is 3.67. The van der Waals surface area contributed by atoms with Gasteiger partial charge in [0.15, 0.2) is 0 Å². The number of ether oxygens (including phenoxy) is 1. The van der Waals surface area contributed by atoms with Gasteiger partial charge in [0.2, 0.25) is 0 Å². The number of sulfonamides is 1. The van der Waals surface area contributed by atoms with Gasteiger partial charge in [-0.05, 0) is 29.8 Å². The molecule has 0 radical (unpaired) electrons. The number of benzene rings is 3. The van der Waals surface area contributed by atoms with Gasteiger partial charge in [-0.1, -0.05) is 64.5 Å². The second kappa shape index (κ2) is 7.29. The first kappa shape index (κ1) is 17.5. The van der Waals surface area contributed by atoms with Crippen LogP contribution >= 0.6 is 15.9 Å². The van der Waals surface area contributed by atoms with Gasteiger partial charge in [0.1, 0.15) is 10.6 Å². The molecule has 0 fully saturated rings. The summed E-state index contributed by atoms with van der Waals surface area (Å²) in [6, 6.07) is 21.8. The van der Waals surface area contributed by atoms with Crippen LogP contribution in [0.1, 0.15) is 0 Å².